The Morgan fingerprint density at radius 3 is 2.42 bits per heavy atom. The zero-order chi connectivity index (χ0) is 29.8. The van der Waals surface area contributed by atoms with Gasteiger partial charge in [0.1, 0.15) is 12.0 Å². The topological polar surface area (TPSA) is 124 Å². The van der Waals surface area contributed by atoms with Crippen molar-refractivity contribution in [3.8, 4) is 0 Å². The molecule has 1 fully saturated rings. The molecule has 3 aromatic carbocycles. The number of carbonyl (C=O) groups is 1. The van der Waals surface area contributed by atoms with Crippen molar-refractivity contribution >= 4 is 28.7 Å². The largest absolute Gasteiger partial charge is 0.392 e. The molecule has 4 atom stereocenters. The molecule has 1 amide bonds. The van der Waals surface area contributed by atoms with Crippen LogP contribution in [0.4, 0.5) is 0 Å². The van der Waals surface area contributed by atoms with Gasteiger partial charge in [0.2, 0.25) is 0 Å². The van der Waals surface area contributed by atoms with Crippen LogP contribution in [0, 0.1) is 5.92 Å². The lowest BCUT2D eigenvalue weighted by atomic mass is 9.91. The Balaban J connectivity index is 1.15. The molecule has 10 nitrogen and oxygen atoms in total. The molecule has 3 heterocycles. The van der Waals surface area contributed by atoms with Crippen molar-refractivity contribution < 1.29 is 19.4 Å². The number of benzene rings is 3. The normalized spacial score (nSPS) is 20.3. The highest BCUT2D eigenvalue weighted by molar-refractivity contribution is 7.99. The first-order chi connectivity index (χ1) is 21.0. The van der Waals surface area contributed by atoms with E-state index >= 15 is 0 Å². The van der Waals surface area contributed by atoms with Crippen LogP contribution in [-0.4, -0.2) is 47.6 Å². The van der Waals surface area contributed by atoms with Gasteiger partial charge in [-0.2, -0.15) is 0 Å². The summed E-state index contributed by atoms with van der Waals surface area (Å²) in [6, 6.07) is 23.2. The Bertz CT molecular complexity index is 1690. The van der Waals surface area contributed by atoms with Crippen LogP contribution in [0.2, 0.25) is 0 Å². The van der Waals surface area contributed by atoms with Crippen LogP contribution in [0.25, 0.3) is 11.0 Å². The highest BCUT2D eigenvalue weighted by Crippen LogP contribution is 2.42. The van der Waals surface area contributed by atoms with Crippen LogP contribution >= 0.6 is 11.8 Å². The first-order valence-electron chi connectivity index (χ1n) is 14.0. The third kappa shape index (κ3) is 6.60. The van der Waals surface area contributed by atoms with E-state index in [2.05, 4.69) is 32.4 Å². The number of aliphatic hydroxyl groups excluding tert-OH is 1. The maximum Gasteiger partial charge on any atom is 0.271 e. The van der Waals surface area contributed by atoms with Crippen molar-refractivity contribution in [1.29, 1.82) is 0 Å². The van der Waals surface area contributed by atoms with E-state index in [1.165, 1.54) is 6.20 Å². The maximum atomic E-state index is 12.7. The predicted octanol–water partition coefficient (Wildman–Crippen LogP) is 4.76. The molecule has 0 bridgehead atoms. The zero-order valence-electron chi connectivity index (χ0n) is 23.8. The van der Waals surface area contributed by atoms with Gasteiger partial charge in [0.15, 0.2) is 11.4 Å². The maximum absolute atomic E-state index is 12.7. The van der Waals surface area contributed by atoms with Crippen LogP contribution in [0.3, 0.4) is 0 Å². The number of amides is 1. The van der Waals surface area contributed by atoms with Crippen molar-refractivity contribution in [2.24, 2.45) is 13.0 Å². The fourth-order valence-corrected chi connectivity index (χ4v) is 6.05. The quantitative estimate of drug-likeness (QED) is 0.232. The number of aromatic nitrogens is 5. The number of thioether (sulfide) groups is 1. The molecule has 1 saturated heterocycles. The Kier molecular flexibility index (Phi) is 8.75. The van der Waals surface area contributed by atoms with Gasteiger partial charge in [-0.1, -0.05) is 79.3 Å². The monoisotopic (exact) mass is 596 g/mol. The van der Waals surface area contributed by atoms with Gasteiger partial charge in [0, 0.05) is 30.8 Å². The highest BCUT2D eigenvalue weighted by Gasteiger charge is 2.38. The molecule has 2 aromatic heterocycles. The summed E-state index contributed by atoms with van der Waals surface area (Å²) >= 11 is 1.60. The van der Waals surface area contributed by atoms with Gasteiger partial charge in [0.25, 0.3) is 5.91 Å². The summed E-state index contributed by atoms with van der Waals surface area (Å²) in [5.41, 5.74) is 5.39. The van der Waals surface area contributed by atoms with Crippen molar-refractivity contribution in [3.05, 3.63) is 113 Å². The van der Waals surface area contributed by atoms with E-state index in [1.807, 2.05) is 84.4 Å². The first kappa shape index (κ1) is 28.9. The standard InChI is InChI=1S/C32H32N6O4S/c1-20-28(18-43-32-37-35-19-38(32)2)41-31(42-29(20)23-11-9-22(17-39)10-12-23)24-13-7-21(8-14-24)15-34-30(40)27-16-33-25-5-3-4-6-26(25)36-27/h3-14,16,19-20,28-29,31,39H,15,17-18H2,1-2H3,(H,34,40)/t20-,28+,29+,31+/m0/s1. The smallest absolute Gasteiger partial charge is 0.271 e. The number of carbonyl (C=O) groups excluding carboxylic acids is 1. The fourth-order valence-electron chi connectivity index (χ4n) is 5.00. The summed E-state index contributed by atoms with van der Waals surface area (Å²) in [5.74, 6) is 0.457. The second kappa shape index (κ2) is 13.0. The number of nitrogens with one attached hydrogen (secondary N) is 1. The minimum atomic E-state index is -0.583. The van der Waals surface area contributed by atoms with E-state index < -0.39 is 6.29 Å². The fraction of sp³-hybridized carbons (Fsp3) is 0.281. The molecule has 0 spiro atoms. The van der Waals surface area contributed by atoms with Gasteiger partial charge in [0.05, 0.1) is 36.0 Å². The Morgan fingerprint density at radius 2 is 1.70 bits per heavy atom. The lowest BCUT2D eigenvalue weighted by Crippen LogP contribution is -2.38. The molecule has 43 heavy (non-hydrogen) atoms. The summed E-state index contributed by atoms with van der Waals surface area (Å²) in [5, 5.41) is 21.4. The number of rotatable bonds is 9. The minimum absolute atomic E-state index is 0.00742. The van der Waals surface area contributed by atoms with Crippen LogP contribution < -0.4 is 5.32 Å². The number of nitrogens with zero attached hydrogens (tertiary/aromatic N) is 5. The number of hydrogen-bond acceptors (Lipinski definition) is 9. The number of hydrogen-bond donors (Lipinski definition) is 2. The summed E-state index contributed by atoms with van der Waals surface area (Å²) in [7, 11) is 1.92. The van der Waals surface area contributed by atoms with E-state index in [9.17, 15) is 9.90 Å². The Morgan fingerprint density at radius 1 is 0.977 bits per heavy atom. The lowest BCUT2D eigenvalue weighted by Gasteiger charge is -2.41. The molecular formula is C32H32N6O4S. The van der Waals surface area contributed by atoms with Crippen molar-refractivity contribution in [2.75, 3.05) is 5.75 Å². The van der Waals surface area contributed by atoms with Gasteiger partial charge in [-0.15, -0.1) is 10.2 Å². The highest BCUT2D eigenvalue weighted by atomic mass is 32.2. The van der Waals surface area contributed by atoms with E-state index in [0.29, 0.717) is 17.8 Å². The molecule has 6 rings (SSSR count). The third-order valence-electron chi connectivity index (χ3n) is 7.56. The van der Waals surface area contributed by atoms with Gasteiger partial charge in [-0.05, 0) is 28.8 Å². The van der Waals surface area contributed by atoms with Gasteiger partial charge in [-0.3, -0.25) is 9.78 Å². The molecule has 1 aliphatic rings. The number of ether oxygens (including phenoxy) is 2. The van der Waals surface area contributed by atoms with Gasteiger partial charge < -0.3 is 24.5 Å². The lowest BCUT2D eigenvalue weighted by molar-refractivity contribution is -0.268. The summed E-state index contributed by atoms with van der Waals surface area (Å²) in [6.45, 7) is 2.47. The molecule has 11 heteroatoms. The number of aliphatic hydroxyl groups is 1. The first-order valence-corrected chi connectivity index (χ1v) is 15.0. The average molecular weight is 597 g/mol. The second-order valence-electron chi connectivity index (χ2n) is 10.5. The molecule has 0 saturated carbocycles. The van der Waals surface area contributed by atoms with E-state index in [1.54, 1.807) is 18.1 Å². The van der Waals surface area contributed by atoms with Crippen molar-refractivity contribution in [1.82, 2.24) is 30.0 Å². The van der Waals surface area contributed by atoms with E-state index in [4.69, 9.17) is 9.47 Å². The number of aryl methyl sites for hydroxylation is 1. The molecule has 220 valence electrons. The average Bonchev–Trinajstić information content (AvgIpc) is 3.47. The van der Waals surface area contributed by atoms with Crippen LogP contribution in [-0.2, 0) is 29.7 Å². The Labute approximate surface area is 253 Å². The van der Waals surface area contributed by atoms with Crippen molar-refractivity contribution in [2.45, 2.75) is 43.7 Å². The summed E-state index contributed by atoms with van der Waals surface area (Å²) in [6.07, 6.45) is 2.26. The van der Waals surface area contributed by atoms with Crippen LogP contribution in [0.15, 0.2) is 90.5 Å². The SMILES string of the molecule is C[C@H]1[C@@H](CSc2nncn2C)O[C@@H](c2ccc(CNC(=O)c3cnc4ccccc4n3)cc2)O[C@H]1c1ccc(CO)cc1. The molecule has 0 unspecified atom stereocenters. The third-order valence-corrected chi connectivity index (χ3v) is 8.68. The molecule has 5 aromatic rings. The van der Waals surface area contributed by atoms with E-state index in [0.717, 1.165) is 32.9 Å². The van der Waals surface area contributed by atoms with Gasteiger partial charge in [-0.25, -0.2) is 4.98 Å². The number of para-hydroxylation sites is 2. The molecule has 1 aliphatic heterocycles. The number of fused-ring (bicyclic) bond motifs is 1. The zero-order valence-corrected chi connectivity index (χ0v) is 24.6. The van der Waals surface area contributed by atoms with Crippen molar-refractivity contribution in [3.63, 3.8) is 0 Å². The van der Waals surface area contributed by atoms with E-state index in [-0.39, 0.29) is 36.3 Å². The molecule has 0 aliphatic carbocycles. The molecular weight excluding hydrogens is 564 g/mol. The van der Waals surface area contributed by atoms with Gasteiger partial charge >= 0.3 is 0 Å². The van der Waals surface area contributed by atoms with Crippen LogP contribution in [0.5, 0.6) is 0 Å². The second-order valence-corrected chi connectivity index (χ2v) is 11.5. The predicted molar refractivity (Wildman–Crippen MR) is 162 cm³/mol. The summed E-state index contributed by atoms with van der Waals surface area (Å²) < 4.78 is 15.0. The Hall–Kier alpha value is -4.16. The molecule has 0 radical (unpaired) electrons. The van der Waals surface area contributed by atoms with Crippen LogP contribution in [0.1, 0.15) is 52.1 Å². The summed E-state index contributed by atoms with van der Waals surface area (Å²) in [4.78, 5) is 21.5. The molecule has 2 N–H and O–H groups in total. The minimum Gasteiger partial charge on any atom is -0.392 e.